The van der Waals surface area contributed by atoms with Gasteiger partial charge in [-0.1, -0.05) is 24.3 Å². The summed E-state index contributed by atoms with van der Waals surface area (Å²) in [4.78, 5) is 2.69. The van der Waals surface area contributed by atoms with Gasteiger partial charge in [0.15, 0.2) is 0 Å². The van der Waals surface area contributed by atoms with Gasteiger partial charge in [0.1, 0.15) is 0 Å². The predicted octanol–water partition coefficient (Wildman–Crippen LogP) is 2.41. The quantitative estimate of drug-likeness (QED) is 0.826. The Hall–Kier alpha value is -0.900. The highest BCUT2D eigenvalue weighted by Crippen LogP contribution is 2.31. The molecule has 0 aromatic heterocycles. The van der Waals surface area contributed by atoms with Crippen molar-refractivity contribution in [2.75, 3.05) is 26.7 Å². The third-order valence-electron chi connectivity index (χ3n) is 4.55. The fourth-order valence-electron chi connectivity index (χ4n) is 3.24. The first kappa shape index (κ1) is 14.1. The molecule has 1 aliphatic heterocycles. The number of ether oxygens (including phenoxy) is 1. The molecule has 1 aromatic rings. The Balaban J connectivity index is 1.43. The van der Waals surface area contributed by atoms with Crippen molar-refractivity contribution in [2.45, 2.75) is 38.5 Å². The van der Waals surface area contributed by atoms with E-state index in [9.17, 15) is 0 Å². The molecule has 1 saturated heterocycles. The van der Waals surface area contributed by atoms with E-state index < -0.39 is 0 Å². The van der Waals surface area contributed by atoms with Gasteiger partial charge in [-0.2, -0.15) is 0 Å². The maximum absolute atomic E-state index is 5.26. The molecular weight excluding hydrogens is 248 g/mol. The third-order valence-corrected chi connectivity index (χ3v) is 4.55. The number of benzene rings is 1. The van der Waals surface area contributed by atoms with Crippen LogP contribution in [0.1, 0.15) is 30.4 Å². The lowest BCUT2D eigenvalue weighted by Crippen LogP contribution is -2.27. The molecule has 2 aliphatic rings. The average molecular weight is 274 g/mol. The summed E-state index contributed by atoms with van der Waals surface area (Å²) in [6, 6.07) is 9.49. The number of nitrogens with zero attached hydrogens (tertiary/aromatic N) is 1. The van der Waals surface area contributed by atoms with Crippen molar-refractivity contribution in [3.05, 3.63) is 35.4 Å². The fraction of sp³-hybridized carbons (Fsp3) is 0.647. The molecule has 1 aliphatic carbocycles. The molecule has 1 saturated carbocycles. The molecule has 0 radical (unpaired) electrons. The third kappa shape index (κ3) is 3.60. The van der Waals surface area contributed by atoms with E-state index in [0.29, 0.717) is 6.61 Å². The minimum absolute atomic E-state index is 0.705. The van der Waals surface area contributed by atoms with Gasteiger partial charge in [-0.15, -0.1) is 0 Å². The summed E-state index contributed by atoms with van der Waals surface area (Å²) in [5, 5.41) is 3.64. The number of hydrogen-bond acceptors (Lipinski definition) is 3. The largest absolute Gasteiger partial charge is 0.380 e. The summed E-state index contributed by atoms with van der Waals surface area (Å²) in [7, 11) is 1.76. The molecule has 1 N–H and O–H groups in total. The van der Waals surface area contributed by atoms with E-state index in [1.54, 1.807) is 7.11 Å². The normalized spacial score (nSPS) is 23.4. The Morgan fingerprint density at radius 2 is 2.00 bits per heavy atom. The molecule has 3 rings (SSSR count). The topological polar surface area (TPSA) is 24.5 Å². The first-order valence-corrected chi connectivity index (χ1v) is 7.87. The zero-order chi connectivity index (χ0) is 13.8. The smallest absolute Gasteiger partial charge is 0.0716 e. The Morgan fingerprint density at radius 1 is 1.20 bits per heavy atom. The van der Waals surface area contributed by atoms with Gasteiger partial charge in [-0.05, 0) is 49.4 Å². The number of methoxy groups -OCH3 is 1. The minimum atomic E-state index is 0.705. The van der Waals surface area contributed by atoms with Crippen LogP contribution in [0.2, 0.25) is 0 Å². The molecule has 1 unspecified atom stereocenters. The molecule has 0 spiro atoms. The van der Waals surface area contributed by atoms with Crippen LogP contribution in [0.3, 0.4) is 0 Å². The molecule has 2 fully saturated rings. The Morgan fingerprint density at radius 3 is 2.75 bits per heavy atom. The van der Waals surface area contributed by atoms with E-state index >= 15 is 0 Å². The maximum Gasteiger partial charge on any atom is 0.0716 e. The van der Waals surface area contributed by atoms with E-state index in [4.69, 9.17) is 4.74 Å². The van der Waals surface area contributed by atoms with Gasteiger partial charge in [0.2, 0.25) is 0 Å². The molecular formula is C17H26N2O. The standard InChI is InChI=1S/C17H26N2O/c1-20-13-16-5-3-2-4-15(16)11-18-10-14-8-9-19(12-14)17-6-7-17/h2-5,14,17-18H,6-13H2,1H3. The zero-order valence-corrected chi connectivity index (χ0v) is 12.5. The van der Waals surface area contributed by atoms with Gasteiger partial charge in [0.05, 0.1) is 6.61 Å². The van der Waals surface area contributed by atoms with Crippen LogP contribution in [0.4, 0.5) is 0 Å². The minimum Gasteiger partial charge on any atom is -0.380 e. The number of likely N-dealkylation sites (tertiary alicyclic amines) is 1. The van der Waals surface area contributed by atoms with Crippen LogP contribution in [0.25, 0.3) is 0 Å². The summed E-state index contributed by atoms with van der Waals surface area (Å²) in [5.41, 5.74) is 2.67. The molecule has 0 amide bonds. The van der Waals surface area contributed by atoms with Crippen molar-refractivity contribution in [3.8, 4) is 0 Å². The molecule has 3 heteroatoms. The fourth-order valence-corrected chi connectivity index (χ4v) is 3.24. The van der Waals surface area contributed by atoms with Gasteiger partial charge in [-0.25, -0.2) is 0 Å². The molecule has 1 aromatic carbocycles. The van der Waals surface area contributed by atoms with E-state index in [1.165, 1.54) is 43.5 Å². The highest BCUT2D eigenvalue weighted by atomic mass is 16.5. The monoisotopic (exact) mass is 274 g/mol. The lowest BCUT2D eigenvalue weighted by Gasteiger charge is -2.16. The lowest BCUT2D eigenvalue weighted by atomic mass is 10.1. The van der Waals surface area contributed by atoms with E-state index in [1.807, 2.05) is 0 Å². The molecule has 0 bridgehead atoms. The van der Waals surface area contributed by atoms with Gasteiger partial charge in [-0.3, -0.25) is 0 Å². The second kappa shape index (κ2) is 6.70. The average Bonchev–Trinajstić information content (AvgIpc) is 3.21. The SMILES string of the molecule is COCc1ccccc1CNCC1CCN(C2CC2)C1. The van der Waals surface area contributed by atoms with E-state index in [2.05, 4.69) is 34.5 Å². The summed E-state index contributed by atoms with van der Waals surface area (Å²) in [6.07, 6.45) is 4.23. The molecule has 1 atom stereocenters. The molecule has 110 valence electrons. The molecule has 1 heterocycles. The van der Waals surface area contributed by atoms with Crippen LogP contribution >= 0.6 is 0 Å². The maximum atomic E-state index is 5.26. The number of rotatable bonds is 7. The summed E-state index contributed by atoms with van der Waals surface area (Å²) >= 11 is 0. The molecule has 3 nitrogen and oxygen atoms in total. The first-order chi connectivity index (χ1) is 9.86. The zero-order valence-electron chi connectivity index (χ0n) is 12.5. The number of hydrogen-bond donors (Lipinski definition) is 1. The Labute approximate surface area is 122 Å². The van der Waals surface area contributed by atoms with Crippen LogP contribution < -0.4 is 5.32 Å². The van der Waals surface area contributed by atoms with Crippen molar-refractivity contribution < 1.29 is 4.74 Å². The highest BCUT2D eigenvalue weighted by molar-refractivity contribution is 5.26. The lowest BCUT2D eigenvalue weighted by molar-refractivity contribution is 0.184. The predicted molar refractivity (Wildman–Crippen MR) is 81.6 cm³/mol. The van der Waals surface area contributed by atoms with Gasteiger partial charge in [0, 0.05) is 26.2 Å². The second-order valence-electron chi connectivity index (χ2n) is 6.21. The van der Waals surface area contributed by atoms with E-state index in [-0.39, 0.29) is 0 Å². The second-order valence-corrected chi connectivity index (χ2v) is 6.21. The summed E-state index contributed by atoms with van der Waals surface area (Å²) in [6.45, 7) is 5.43. The van der Waals surface area contributed by atoms with Gasteiger partial charge >= 0.3 is 0 Å². The van der Waals surface area contributed by atoms with Crippen molar-refractivity contribution in [2.24, 2.45) is 5.92 Å². The van der Waals surface area contributed by atoms with Gasteiger partial charge < -0.3 is 15.0 Å². The van der Waals surface area contributed by atoms with Crippen LogP contribution in [-0.4, -0.2) is 37.7 Å². The number of nitrogens with one attached hydrogen (secondary N) is 1. The Bertz CT molecular complexity index is 431. The summed E-state index contributed by atoms with van der Waals surface area (Å²) < 4.78 is 5.26. The van der Waals surface area contributed by atoms with Crippen LogP contribution in [0, 0.1) is 5.92 Å². The highest BCUT2D eigenvalue weighted by Gasteiger charge is 2.33. The Kier molecular flexibility index (Phi) is 4.71. The van der Waals surface area contributed by atoms with Crippen molar-refractivity contribution in [1.82, 2.24) is 10.2 Å². The first-order valence-electron chi connectivity index (χ1n) is 7.87. The van der Waals surface area contributed by atoms with Crippen molar-refractivity contribution in [1.29, 1.82) is 0 Å². The van der Waals surface area contributed by atoms with Gasteiger partial charge in [0.25, 0.3) is 0 Å². The van der Waals surface area contributed by atoms with Crippen molar-refractivity contribution in [3.63, 3.8) is 0 Å². The summed E-state index contributed by atoms with van der Waals surface area (Å²) in [5.74, 6) is 0.838. The van der Waals surface area contributed by atoms with Crippen molar-refractivity contribution >= 4 is 0 Å². The van der Waals surface area contributed by atoms with Crippen LogP contribution in [0.5, 0.6) is 0 Å². The molecule has 20 heavy (non-hydrogen) atoms. The van der Waals surface area contributed by atoms with Crippen LogP contribution in [-0.2, 0) is 17.9 Å². The van der Waals surface area contributed by atoms with E-state index in [0.717, 1.165) is 25.0 Å². The van der Waals surface area contributed by atoms with Crippen LogP contribution in [0.15, 0.2) is 24.3 Å².